The minimum Gasteiger partial charge on any atom is -0.496 e. The van der Waals surface area contributed by atoms with Gasteiger partial charge in [-0.05, 0) is 36.4 Å². The third-order valence-corrected chi connectivity index (χ3v) is 3.47. The summed E-state index contributed by atoms with van der Waals surface area (Å²) in [7, 11) is 1.28. The van der Waals surface area contributed by atoms with Crippen LogP contribution in [0.5, 0.6) is 5.75 Å². The monoisotopic (exact) mass is 373 g/mol. The number of carbonyl (C=O) groups is 2. The van der Waals surface area contributed by atoms with Gasteiger partial charge in [0.15, 0.2) is 5.78 Å². The van der Waals surface area contributed by atoms with Gasteiger partial charge in [0, 0.05) is 10.6 Å². The van der Waals surface area contributed by atoms with E-state index in [1.54, 1.807) is 0 Å². The zero-order valence-electron chi connectivity index (χ0n) is 12.6. The Balaban J connectivity index is 2.64. The number of halogens is 4. The van der Waals surface area contributed by atoms with E-state index in [1.807, 2.05) is 5.32 Å². The van der Waals surface area contributed by atoms with E-state index in [0.29, 0.717) is 12.1 Å². The maximum absolute atomic E-state index is 12.9. The Kier molecular flexibility index (Phi) is 5.22. The van der Waals surface area contributed by atoms with E-state index in [2.05, 4.69) is 0 Å². The molecule has 0 atom stereocenters. The summed E-state index contributed by atoms with van der Waals surface area (Å²) in [4.78, 5) is 23.6. The summed E-state index contributed by atoms with van der Waals surface area (Å²) in [5.41, 5.74) is -1.94. The van der Waals surface area contributed by atoms with Crippen LogP contribution in [0.1, 0.15) is 21.5 Å². The average molecular weight is 374 g/mol. The Bertz CT molecular complexity index is 837. The molecule has 132 valence electrons. The minimum atomic E-state index is -4.70. The summed E-state index contributed by atoms with van der Waals surface area (Å²) in [6.07, 6.45) is -6.22. The van der Waals surface area contributed by atoms with Crippen molar-refractivity contribution in [3.63, 3.8) is 0 Å². The summed E-state index contributed by atoms with van der Waals surface area (Å²) >= 11 is 5.84. The molecule has 0 spiro atoms. The number of amides is 1. The van der Waals surface area contributed by atoms with Gasteiger partial charge in [0.05, 0.1) is 23.9 Å². The third kappa shape index (κ3) is 4.21. The van der Waals surface area contributed by atoms with Gasteiger partial charge in [0.1, 0.15) is 5.75 Å². The van der Waals surface area contributed by atoms with E-state index in [0.717, 1.165) is 6.07 Å². The summed E-state index contributed by atoms with van der Waals surface area (Å²) in [5.74, 6) is -0.776. The molecule has 0 aliphatic heterocycles. The number of hydrogen-bond donors (Lipinski definition) is 2. The molecule has 0 fully saturated rings. The van der Waals surface area contributed by atoms with Crippen LogP contribution in [0, 0.1) is 0 Å². The molecular formula is C16H11ClF3NO4. The molecule has 0 aliphatic rings. The number of nitrogens with one attached hydrogen (secondary N) is 1. The molecule has 25 heavy (non-hydrogen) atoms. The molecule has 2 N–H and O–H groups in total. The van der Waals surface area contributed by atoms with Gasteiger partial charge < -0.3 is 9.84 Å². The highest BCUT2D eigenvalue weighted by Crippen LogP contribution is 2.34. The van der Waals surface area contributed by atoms with Crippen LogP contribution in [0.2, 0.25) is 5.02 Å². The molecule has 2 rings (SSSR count). The maximum Gasteiger partial charge on any atom is 0.416 e. The first kappa shape index (κ1) is 18.6. The second-order valence-corrected chi connectivity index (χ2v) is 5.30. The first-order valence-electron chi connectivity index (χ1n) is 6.73. The number of anilines is 1. The number of benzene rings is 2. The molecule has 0 radical (unpaired) electrons. The Hall–Kier alpha value is -2.74. The fourth-order valence-electron chi connectivity index (χ4n) is 2.14. The number of alkyl halides is 3. The molecular weight excluding hydrogens is 363 g/mol. The highest BCUT2D eigenvalue weighted by Gasteiger charge is 2.32. The van der Waals surface area contributed by atoms with Gasteiger partial charge in [-0.3, -0.25) is 10.1 Å². The molecule has 2 aromatic rings. The fourth-order valence-corrected chi connectivity index (χ4v) is 2.31. The van der Waals surface area contributed by atoms with Crippen LogP contribution in [-0.4, -0.2) is 24.1 Å². The van der Waals surface area contributed by atoms with Crippen molar-refractivity contribution in [2.24, 2.45) is 0 Å². The largest absolute Gasteiger partial charge is 0.496 e. The van der Waals surface area contributed by atoms with Gasteiger partial charge in [-0.1, -0.05) is 11.6 Å². The summed E-state index contributed by atoms with van der Waals surface area (Å²) in [6.45, 7) is 0. The van der Waals surface area contributed by atoms with Gasteiger partial charge in [-0.2, -0.15) is 13.2 Å². The molecule has 0 saturated carbocycles. The van der Waals surface area contributed by atoms with Crippen LogP contribution in [0.4, 0.5) is 23.7 Å². The van der Waals surface area contributed by atoms with Crippen molar-refractivity contribution >= 4 is 29.2 Å². The van der Waals surface area contributed by atoms with E-state index in [4.69, 9.17) is 21.4 Å². The predicted molar refractivity (Wildman–Crippen MR) is 84.5 cm³/mol. The Morgan fingerprint density at radius 3 is 2.36 bits per heavy atom. The summed E-state index contributed by atoms with van der Waals surface area (Å²) in [5, 5.41) is 10.9. The lowest BCUT2D eigenvalue weighted by molar-refractivity contribution is -0.137. The quantitative estimate of drug-likeness (QED) is 0.762. The number of hydrogen-bond acceptors (Lipinski definition) is 3. The summed E-state index contributed by atoms with van der Waals surface area (Å²) in [6, 6.07) is 6.19. The third-order valence-electron chi connectivity index (χ3n) is 3.24. The molecule has 0 aliphatic carbocycles. The van der Waals surface area contributed by atoms with E-state index < -0.39 is 29.2 Å². The maximum atomic E-state index is 12.9. The zero-order chi connectivity index (χ0) is 18.8. The van der Waals surface area contributed by atoms with Crippen molar-refractivity contribution in [2.75, 3.05) is 12.4 Å². The smallest absolute Gasteiger partial charge is 0.416 e. The molecule has 9 heteroatoms. The Morgan fingerprint density at radius 2 is 1.80 bits per heavy atom. The summed E-state index contributed by atoms with van der Waals surface area (Å²) < 4.78 is 43.9. The highest BCUT2D eigenvalue weighted by molar-refractivity contribution is 6.31. The second kappa shape index (κ2) is 7.02. The molecule has 0 saturated heterocycles. The first-order valence-corrected chi connectivity index (χ1v) is 7.10. The lowest BCUT2D eigenvalue weighted by Crippen LogP contribution is -2.15. The Labute approximate surface area is 145 Å². The van der Waals surface area contributed by atoms with E-state index in [1.165, 1.54) is 25.3 Å². The normalized spacial score (nSPS) is 11.1. The van der Waals surface area contributed by atoms with Crippen LogP contribution in [0.25, 0.3) is 0 Å². The number of methoxy groups -OCH3 is 1. The van der Waals surface area contributed by atoms with Crippen LogP contribution in [0.3, 0.4) is 0 Å². The topological polar surface area (TPSA) is 75.6 Å². The van der Waals surface area contributed by atoms with Crippen LogP contribution in [-0.2, 0) is 6.18 Å². The van der Waals surface area contributed by atoms with Crippen molar-refractivity contribution in [1.29, 1.82) is 0 Å². The highest BCUT2D eigenvalue weighted by atomic mass is 35.5. The van der Waals surface area contributed by atoms with Crippen molar-refractivity contribution < 1.29 is 32.6 Å². The van der Waals surface area contributed by atoms with Crippen molar-refractivity contribution in [2.45, 2.75) is 6.18 Å². The number of carboxylic acid groups (broad SMARTS) is 1. The average Bonchev–Trinajstić information content (AvgIpc) is 2.53. The standard InChI is InChI=1S/C16H11ClF3NO4/c1-25-13-5-3-9(17)7-11(13)14(22)10-6-8(16(18,19)20)2-4-12(10)21-15(23)24/h2-7,21H,1H3,(H,23,24). The van der Waals surface area contributed by atoms with Gasteiger partial charge in [-0.15, -0.1) is 0 Å². The fraction of sp³-hybridized carbons (Fsp3) is 0.125. The van der Waals surface area contributed by atoms with Crippen LogP contribution < -0.4 is 10.1 Å². The SMILES string of the molecule is COc1ccc(Cl)cc1C(=O)c1cc(C(F)(F)F)ccc1NC(=O)O. The molecule has 2 aromatic carbocycles. The lowest BCUT2D eigenvalue weighted by atomic mass is 9.98. The first-order chi connectivity index (χ1) is 11.6. The van der Waals surface area contributed by atoms with Crippen LogP contribution in [0.15, 0.2) is 36.4 Å². The molecule has 1 amide bonds. The van der Waals surface area contributed by atoms with E-state index in [9.17, 15) is 22.8 Å². The zero-order valence-corrected chi connectivity index (χ0v) is 13.4. The number of ether oxygens (including phenoxy) is 1. The van der Waals surface area contributed by atoms with Crippen molar-refractivity contribution in [1.82, 2.24) is 0 Å². The van der Waals surface area contributed by atoms with E-state index in [-0.39, 0.29) is 22.0 Å². The molecule has 0 heterocycles. The number of rotatable bonds is 4. The lowest BCUT2D eigenvalue weighted by Gasteiger charge is -2.14. The minimum absolute atomic E-state index is 0.0908. The van der Waals surface area contributed by atoms with Crippen LogP contribution >= 0.6 is 11.6 Å². The molecule has 5 nitrogen and oxygen atoms in total. The van der Waals surface area contributed by atoms with Crippen molar-refractivity contribution in [3.8, 4) is 5.75 Å². The molecule has 0 unspecified atom stereocenters. The number of carbonyl (C=O) groups excluding carboxylic acids is 1. The Morgan fingerprint density at radius 1 is 1.12 bits per heavy atom. The van der Waals surface area contributed by atoms with Gasteiger partial charge in [-0.25, -0.2) is 4.79 Å². The number of ketones is 1. The van der Waals surface area contributed by atoms with E-state index >= 15 is 0 Å². The van der Waals surface area contributed by atoms with Crippen molar-refractivity contribution in [3.05, 3.63) is 58.1 Å². The second-order valence-electron chi connectivity index (χ2n) is 4.86. The molecule has 0 bridgehead atoms. The van der Waals surface area contributed by atoms with Gasteiger partial charge in [0.2, 0.25) is 0 Å². The predicted octanol–water partition coefficient (Wildman–Crippen LogP) is 4.69. The van der Waals surface area contributed by atoms with Gasteiger partial charge in [0.25, 0.3) is 0 Å². The molecule has 0 aromatic heterocycles. The van der Waals surface area contributed by atoms with Gasteiger partial charge >= 0.3 is 12.3 Å².